The molecule has 2 aliphatic heterocycles. The first-order chi connectivity index (χ1) is 15.2. The van der Waals surface area contributed by atoms with Crippen molar-refractivity contribution in [1.82, 2.24) is 14.9 Å². The van der Waals surface area contributed by atoms with E-state index in [0.717, 1.165) is 34.5 Å². The SMILES string of the molecule is CN1C2CCC1CC(Nc1ccc(-c3ccc4cc[nH]c4c3)nc1)C2.O=C(O)C(F)(F)F. The lowest BCUT2D eigenvalue weighted by atomic mass is 9.98. The van der Waals surface area contributed by atoms with Crippen molar-refractivity contribution < 1.29 is 23.1 Å². The van der Waals surface area contributed by atoms with Crippen molar-refractivity contribution in [2.24, 2.45) is 0 Å². The molecule has 6 nitrogen and oxygen atoms in total. The average Bonchev–Trinajstić information content (AvgIpc) is 3.28. The molecule has 0 amide bonds. The van der Waals surface area contributed by atoms with Crippen LogP contribution < -0.4 is 5.32 Å². The maximum atomic E-state index is 10.6. The molecule has 2 bridgehead atoms. The summed E-state index contributed by atoms with van der Waals surface area (Å²) in [5.41, 5.74) is 4.46. The highest BCUT2D eigenvalue weighted by Gasteiger charge is 2.39. The first-order valence-electron chi connectivity index (χ1n) is 10.5. The van der Waals surface area contributed by atoms with E-state index in [1.807, 2.05) is 12.4 Å². The van der Waals surface area contributed by atoms with Crippen LogP contribution in [0.4, 0.5) is 18.9 Å². The van der Waals surface area contributed by atoms with Gasteiger partial charge in [0, 0.05) is 35.4 Å². The molecule has 0 aliphatic carbocycles. The molecule has 2 fully saturated rings. The van der Waals surface area contributed by atoms with Gasteiger partial charge in [-0.2, -0.15) is 13.2 Å². The molecule has 2 saturated heterocycles. The van der Waals surface area contributed by atoms with Gasteiger partial charge < -0.3 is 20.3 Å². The third kappa shape index (κ3) is 4.88. The van der Waals surface area contributed by atoms with Crippen LogP contribution in [0.25, 0.3) is 22.2 Å². The molecule has 2 atom stereocenters. The Hall–Kier alpha value is -3.07. The molecule has 1 aromatic carbocycles. The average molecular weight is 446 g/mol. The number of nitrogens with one attached hydrogen (secondary N) is 2. The van der Waals surface area contributed by atoms with Crippen LogP contribution in [0.2, 0.25) is 0 Å². The molecule has 32 heavy (non-hydrogen) atoms. The lowest BCUT2D eigenvalue weighted by Crippen LogP contribution is -2.44. The molecule has 0 radical (unpaired) electrons. The summed E-state index contributed by atoms with van der Waals surface area (Å²) in [6.07, 6.45) is 4.09. The Kier molecular flexibility index (Phi) is 6.10. The lowest BCUT2D eigenvalue weighted by molar-refractivity contribution is -0.192. The Balaban J connectivity index is 0.000000307. The largest absolute Gasteiger partial charge is 0.490 e. The number of benzene rings is 1. The third-order valence-electron chi connectivity index (χ3n) is 6.33. The van der Waals surface area contributed by atoms with Gasteiger partial charge in [0.1, 0.15) is 0 Å². The topological polar surface area (TPSA) is 81.2 Å². The van der Waals surface area contributed by atoms with E-state index in [1.165, 1.54) is 31.1 Å². The fraction of sp³-hybridized carbons (Fsp3) is 0.391. The lowest BCUT2D eigenvalue weighted by Gasteiger charge is -2.37. The number of piperidine rings is 1. The standard InChI is InChI=1S/C21H24N4.C2HF3O2/c1-25-18-5-6-19(25)12-17(11-18)24-16-4-7-20(23-13-16)15-3-2-14-8-9-22-21(14)10-15;3-2(4,5)1(6)7/h2-4,7-10,13,17-19,22,24H,5-6,11-12H2,1H3;(H,6,7). The smallest absolute Gasteiger partial charge is 0.475 e. The van der Waals surface area contributed by atoms with Gasteiger partial charge in [-0.3, -0.25) is 4.98 Å². The van der Waals surface area contributed by atoms with E-state index in [9.17, 15) is 13.2 Å². The molecule has 2 aliphatic rings. The highest BCUT2D eigenvalue weighted by Crippen LogP contribution is 2.35. The number of aromatic nitrogens is 2. The Morgan fingerprint density at radius 3 is 2.44 bits per heavy atom. The van der Waals surface area contributed by atoms with Crippen molar-refractivity contribution in [3.63, 3.8) is 0 Å². The van der Waals surface area contributed by atoms with Gasteiger partial charge in [-0.05, 0) is 62.4 Å². The molecule has 2 aromatic heterocycles. The molecule has 170 valence electrons. The number of alkyl halides is 3. The minimum absolute atomic E-state index is 0.580. The highest BCUT2D eigenvalue weighted by atomic mass is 19.4. The Morgan fingerprint density at radius 2 is 1.84 bits per heavy atom. The number of hydrogen-bond acceptors (Lipinski definition) is 4. The number of pyridine rings is 1. The van der Waals surface area contributed by atoms with Crippen molar-refractivity contribution >= 4 is 22.6 Å². The van der Waals surface area contributed by atoms with Crippen LogP contribution >= 0.6 is 0 Å². The van der Waals surface area contributed by atoms with Crippen LogP contribution in [0.3, 0.4) is 0 Å². The summed E-state index contributed by atoms with van der Waals surface area (Å²) in [5.74, 6) is -2.76. The molecule has 0 spiro atoms. The maximum Gasteiger partial charge on any atom is 0.490 e. The van der Waals surface area contributed by atoms with Crippen LogP contribution in [-0.4, -0.2) is 57.3 Å². The van der Waals surface area contributed by atoms with Crippen molar-refractivity contribution in [3.8, 4) is 11.3 Å². The van der Waals surface area contributed by atoms with Crippen LogP contribution in [-0.2, 0) is 4.79 Å². The molecular formula is C23H25F3N4O2. The second kappa shape index (κ2) is 8.82. The van der Waals surface area contributed by atoms with Gasteiger partial charge >= 0.3 is 12.1 Å². The first-order valence-corrected chi connectivity index (χ1v) is 10.5. The van der Waals surface area contributed by atoms with Gasteiger partial charge in [-0.15, -0.1) is 0 Å². The number of carboxylic acids is 1. The Bertz CT molecular complexity index is 1070. The number of aromatic amines is 1. The Morgan fingerprint density at radius 1 is 1.16 bits per heavy atom. The Labute approximate surface area is 183 Å². The molecule has 0 saturated carbocycles. The van der Waals surface area contributed by atoms with Crippen LogP contribution in [0.15, 0.2) is 48.8 Å². The summed E-state index contributed by atoms with van der Waals surface area (Å²) >= 11 is 0. The quantitative estimate of drug-likeness (QED) is 0.533. The van der Waals surface area contributed by atoms with Gasteiger partial charge in [0.15, 0.2) is 0 Å². The summed E-state index contributed by atoms with van der Waals surface area (Å²) < 4.78 is 31.7. The first kappa shape index (κ1) is 22.1. The van der Waals surface area contributed by atoms with E-state index in [4.69, 9.17) is 9.90 Å². The molecular weight excluding hydrogens is 421 g/mol. The van der Waals surface area contributed by atoms with Crippen LogP contribution in [0, 0.1) is 0 Å². The zero-order valence-corrected chi connectivity index (χ0v) is 17.6. The zero-order chi connectivity index (χ0) is 22.9. The minimum Gasteiger partial charge on any atom is -0.475 e. The van der Waals surface area contributed by atoms with Gasteiger partial charge in [0.2, 0.25) is 0 Å². The third-order valence-corrected chi connectivity index (χ3v) is 6.33. The monoisotopic (exact) mass is 446 g/mol. The molecule has 5 rings (SSSR count). The molecule has 3 aromatic rings. The molecule has 9 heteroatoms. The van der Waals surface area contributed by atoms with Gasteiger partial charge in [-0.25, -0.2) is 4.79 Å². The molecule has 3 N–H and O–H groups in total. The normalized spacial score (nSPS) is 22.9. The predicted octanol–water partition coefficient (Wildman–Crippen LogP) is 4.90. The molecule has 4 heterocycles. The van der Waals surface area contributed by atoms with Gasteiger partial charge in [0.05, 0.1) is 17.6 Å². The number of nitrogens with zero attached hydrogens (tertiary/aromatic N) is 2. The highest BCUT2D eigenvalue weighted by molar-refractivity contribution is 5.84. The number of hydrogen-bond donors (Lipinski definition) is 3. The zero-order valence-electron chi connectivity index (χ0n) is 17.6. The second-order valence-electron chi connectivity index (χ2n) is 8.38. The van der Waals surface area contributed by atoms with Gasteiger partial charge in [0.25, 0.3) is 0 Å². The van der Waals surface area contributed by atoms with Crippen LogP contribution in [0.1, 0.15) is 25.7 Å². The fourth-order valence-corrected chi connectivity index (χ4v) is 4.62. The summed E-state index contributed by atoms with van der Waals surface area (Å²) in [4.78, 5) is 19.4. The summed E-state index contributed by atoms with van der Waals surface area (Å²) in [6.45, 7) is 0. The van der Waals surface area contributed by atoms with Crippen molar-refractivity contribution in [2.45, 2.75) is 50.0 Å². The van der Waals surface area contributed by atoms with Crippen molar-refractivity contribution in [2.75, 3.05) is 12.4 Å². The van der Waals surface area contributed by atoms with E-state index >= 15 is 0 Å². The number of halogens is 3. The number of carboxylic acid groups (broad SMARTS) is 1. The number of anilines is 1. The number of rotatable bonds is 3. The summed E-state index contributed by atoms with van der Waals surface area (Å²) in [6, 6.07) is 14.9. The van der Waals surface area contributed by atoms with Gasteiger partial charge in [-0.1, -0.05) is 12.1 Å². The summed E-state index contributed by atoms with van der Waals surface area (Å²) in [7, 11) is 2.29. The van der Waals surface area contributed by atoms with E-state index < -0.39 is 12.1 Å². The van der Waals surface area contributed by atoms with E-state index in [0.29, 0.717) is 6.04 Å². The number of carbonyl (C=O) groups is 1. The molecule has 2 unspecified atom stereocenters. The van der Waals surface area contributed by atoms with E-state index in [-0.39, 0.29) is 0 Å². The predicted molar refractivity (Wildman–Crippen MR) is 116 cm³/mol. The van der Waals surface area contributed by atoms with Crippen LogP contribution in [0.5, 0.6) is 0 Å². The maximum absolute atomic E-state index is 10.6. The van der Waals surface area contributed by atoms with E-state index in [2.05, 4.69) is 63.6 Å². The number of aliphatic carboxylic acids is 1. The number of H-pyrrole nitrogens is 1. The summed E-state index contributed by atoms with van der Waals surface area (Å²) in [5, 5.41) is 12.1. The van der Waals surface area contributed by atoms with Crippen molar-refractivity contribution in [3.05, 3.63) is 48.8 Å². The van der Waals surface area contributed by atoms with Crippen molar-refractivity contribution in [1.29, 1.82) is 0 Å². The minimum atomic E-state index is -5.08. The second-order valence-corrected chi connectivity index (χ2v) is 8.38. The number of fused-ring (bicyclic) bond motifs is 3. The van der Waals surface area contributed by atoms with E-state index in [1.54, 1.807) is 0 Å². The fourth-order valence-electron chi connectivity index (χ4n) is 4.62.